The molecule has 0 saturated carbocycles. The zero-order valence-electron chi connectivity index (χ0n) is 32.2. The lowest BCUT2D eigenvalue weighted by atomic mass is 9.99. The van der Waals surface area contributed by atoms with Gasteiger partial charge < -0.3 is 45.4 Å². The van der Waals surface area contributed by atoms with E-state index in [-0.39, 0.29) is 6.61 Å². The van der Waals surface area contributed by atoms with E-state index in [4.69, 9.17) is 9.47 Å². The normalized spacial score (nSPS) is 22.9. The SMILES string of the molecule is CCCCC/C=C\CCCCCCC(O)C(=O)NC(COC1OC(CO)C(O)C(O)C1O)C(O)/C=C/CCCCCCCCCCCCCCC. The molecule has 8 unspecified atom stereocenters. The van der Waals surface area contributed by atoms with Crippen LogP contribution in [0.5, 0.6) is 0 Å². The quantitative estimate of drug-likeness (QED) is 0.0294. The first-order valence-corrected chi connectivity index (χ1v) is 20.7. The van der Waals surface area contributed by atoms with E-state index in [0.29, 0.717) is 12.8 Å². The van der Waals surface area contributed by atoms with Crippen LogP contribution < -0.4 is 5.32 Å². The van der Waals surface area contributed by atoms with Crippen molar-refractivity contribution in [1.82, 2.24) is 5.32 Å². The number of nitrogens with one attached hydrogen (secondary N) is 1. The summed E-state index contributed by atoms with van der Waals surface area (Å²) in [4.78, 5) is 12.9. The molecule has 1 saturated heterocycles. The van der Waals surface area contributed by atoms with Gasteiger partial charge in [-0.2, -0.15) is 0 Å². The van der Waals surface area contributed by atoms with Crippen LogP contribution in [0, 0.1) is 0 Å². The van der Waals surface area contributed by atoms with Crippen molar-refractivity contribution in [2.24, 2.45) is 0 Å². The molecule has 51 heavy (non-hydrogen) atoms. The molecule has 300 valence electrons. The Balaban J connectivity index is 2.50. The standard InChI is InChI=1S/C41H77NO9/c1-3-5-7-9-11-13-15-16-17-18-20-21-23-25-27-29-34(44)33(32-50-41-39(48)38(47)37(46)36(31-43)51-41)42-40(49)35(45)30-28-26-24-22-19-14-12-10-8-6-4-2/h12,14,27,29,33-39,41,43-48H,3-11,13,15-26,28,30-32H2,1-2H3,(H,42,49)/b14-12-,29-27+. The molecule has 7 N–H and O–H groups in total. The van der Waals surface area contributed by atoms with Gasteiger partial charge in [-0.1, -0.05) is 147 Å². The highest BCUT2D eigenvalue weighted by atomic mass is 16.7. The smallest absolute Gasteiger partial charge is 0.249 e. The molecule has 0 aromatic heterocycles. The summed E-state index contributed by atoms with van der Waals surface area (Å²) < 4.78 is 11.1. The summed E-state index contributed by atoms with van der Waals surface area (Å²) in [6, 6.07) is -0.980. The molecule has 1 aliphatic rings. The van der Waals surface area contributed by atoms with Crippen LogP contribution >= 0.6 is 0 Å². The van der Waals surface area contributed by atoms with Crippen molar-refractivity contribution in [2.45, 2.75) is 217 Å². The average molecular weight is 728 g/mol. The molecule has 8 atom stereocenters. The van der Waals surface area contributed by atoms with Crippen LogP contribution in [0.2, 0.25) is 0 Å². The molecule has 1 rings (SSSR count). The van der Waals surface area contributed by atoms with Crippen LogP contribution in [0.4, 0.5) is 0 Å². The zero-order valence-corrected chi connectivity index (χ0v) is 32.2. The van der Waals surface area contributed by atoms with Gasteiger partial charge in [-0.15, -0.1) is 0 Å². The molecular weight excluding hydrogens is 650 g/mol. The summed E-state index contributed by atoms with van der Waals surface area (Å²) in [6.45, 7) is 3.54. The van der Waals surface area contributed by atoms with Crippen molar-refractivity contribution in [3.63, 3.8) is 0 Å². The Morgan fingerprint density at radius 1 is 0.667 bits per heavy atom. The Morgan fingerprint density at radius 3 is 1.69 bits per heavy atom. The fourth-order valence-corrected chi connectivity index (χ4v) is 6.39. The number of aliphatic hydroxyl groups excluding tert-OH is 6. The number of aliphatic hydroxyl groups is 6. The zero-order chi connectivity index (χ0) is 37.5. The van der Waals surface area contributed by atoms with E-state index in [9.17, 15) is 35.4 Å². The molecule has 0 bridgehead atoms. The fraction of sp³-hybridized carbons (Fsp3) is 0.878. The topological polar surface area (TPSA) is 169 Å². The van der Waals surface area contributed by atoms with Gasteiger partial charge in [0.25, 0.3) is 0 Å². The molecular formula is C41H77NO9. The molecule has 1 amide bonds. The second kappa shape index (κ2) is 32.1. The highest BCUT2D eigenvalue weighted by Gasteiger charge is 2.44. The Bertz CT molecular complexity index is 870. The second-order valence-electron chi connectivity index (χ2n) is 14.6. The van der Waals surface area contributed by atoms with Gasteiger partial charge in [0.1, 0.15) is 30.5 Å². The number of carbonyl (C=O) groups excluding carboxylic acids is 1. The lowest BCUT2D eigenvalue weighted by Gasteiger charge is -2.40. The summed E-state index contributed by atoms with van der Waals surface area (Å²) >= 11 is 0. The van der Waals surface area contributed by atoms with E-state index in [1.165, 1.54) is 89.9 Å². The third kappa shape index (κ3) is 23.1. The second-order valence-corrected chi connectivity index (χ2v) is 14.6. The minimum atomic E-state index is -1.61. The lowest BCUT2D eigenvalue weighted by molar-refractivity contribution is -0.302. The molecule has 1 aliphatic heterocycles. The van der Waals surface area contributed by atoms with E-state index in [2.05, 4.69) is 31.3 Å². The van der Waals surface area contributed by atoms with E-state index in [1.54, 1.807) is 6.08 Å². The minimum absolute atomic E-state index is 0.296. The number of carbonyl (C=O) groups is 1. The third-order valence-electron chi connectivity index (χ3n) is 9.88. The molecule has 0 radical (unpaired) electrons. The van der Waals surface area contributed by atoms with E-state index >= 15 is 0 Å². The van der Waals surface area contributed by atoms with Gasteiger partial charge in [-0.05, 0) is 44.9 Å². The largest absolute Gasteiger partial charge is 0.394 e. The maximum atomic E-state index is 12.9. The van der Waals surface area contributed by atoms with Gasteiger partial charge >= 0.3 is 0 Å². The van der Waals surface area contributed by atoms with Crippen LogP contribution in [0.3, 0.4) is 0 Å². The highest BCUT2D eigenvalue weighted by molar-refractivity contribution is 5.80. The molecule has 10 nitrogen and oxygen atoms in total. The highest BCUT2D eigenvalue weighted by Crippen LogP contribution is 2.22. The van der Waals surface area contributed by atoms with E-state index < -0.39 is 61.5 Å². The number of allylic oxidation sites excluding steroid dienone is 3. The van der Waals surface area contributed by atoms with Gasteiger partial charge in [-0.25, -0.2) is 0 Å². The van der Waals surface area contributed by atoms with Crippen LogP contribution in [-0.2, 0) is 14.3 Å². The summed E-state index contributed by atoms with van der Waals surface area (Å²) in [7, 11) is 0. The number of ether oxygens (including phenoxy) is 2. The first-order valence-electron chi connectivity index (χ1n) is 20.7. The van der Waals surface area contributed by atoms with Crippen LogP contribution in [0.25, 0.3) is 0 Å². The Kier molecular flexibility index (Phi) is 30.0. The van der Waals surface area contributed by atoms with Crippen molar-refractivity contribution in [3.05, 3.63) is 24.3 Å². The monoisotopic (exact) mass is 728 g/mol. The number of amides is 1. The summed E-state index contributed by atoms with van der Waals surface area (Å²) in [5.41, 5.74) is 0. The van der Waals surface area contributed by atoms with Gasteiger partial charge in [0, 0.05) is 0 Å². The Hall–Kier alpha value is -1.37. The van der Waals surface area contributed by atoms with Gasteiger partial charge in [0.2, 0.25) is 5.91 Å². The third-order valence-corrected chi connectivity index (χ3v) is 9.88. The number of rotatable bonds is 33. The Labute approximate surface area is 310 Å². The maximum absolute atomic E-state index is 12.9. The molecule has 0 aromatic rings. The Morgan fingerprint density at radius 2 is 1.14 bits per heavy atom. The van der Waals surface area contributed by atoms with Crippen molar-refractivity contribution in [1.29, 1.82) is 0 Å². The maximum Gasteiger partial charge on any atom is 0.249 e. The van der Waals surface area contributed by atoms with Crippen molar-refractivity contribution in [2.75, 3.05) is 13.2 Å². The van der Waals surface area contributed by atoms with E-state index in [1.807, 2.05) is 6.08 Å². The lowest BCUT2D eigenvalue weighted by Crippen LogP contribution is -2.60. The average Bonchev–Trinajstić information content (AvgIpc) is 3.13. The van der Waals surface area contributed by atoms with Gasteiger partial charge in [0.15, 0.2) is 6.29 Å². The van der Waals surface area contributed by atoms with Crippen LogP contribution in [-0.4, -0.2) is 98.7 Å². The molecule has 1 heterocycles. The summed E-state index contributed by atoms with van der Waals surface area (Å²) in [5.74, 6) is -0.628. The van der Waals surface area contributed by atoms with Crippen LogP contribution in [0.1, 0.15) is 168 Å². The van der Waals surface area contributed by atoms with E-state index in [0.717, 1.165) is 51.4 Å². The number of hydrogen-bond donors (Lipinski definition) is 7. The van der Waals surface area contributed by atoms with Crippen LogP contribution in [0.15, 0.2) is 24.3 Å². The van der Waals surface area contributed by atoms with Gasteiger partial charge in [0.05, 0.1) is 25.4 Å². The predicted molar refractivity (Wildman–Crippen MR) is 204 cm³/mol. The van der Waals surface area contributed by atoms with Crippen molar-refractivity contribution < 1.29 is 44.9 Å². The molecule has 10 heteroatoms. The first kappa shape index (κ1) is 47.7. The minimum Gasteiger partial charge on any atom is -0.394 e. The summed E-state index contributed by atoms with van der Waals surface area (Å²) in [6.07, 6.45) is 25.5. The first-order chi connectivity index (χ1) is 24.8. The molecule has 0 spiro atoms. The van der Waals surface area contributed by atoms with Crippen molar-refractivity contribution >= 4 is 5.91 Å². The van der Waals surface area contributed by atoms with Gasteiger partial charge in [-0.3, -0.25) is 4.79 Å². The fourth-order valence-electron chi connectivity index (χ4n) is 6.39. The summed E-state index contributed by atoms with van der Waals surface area (Å²) in [5, 5.41) is 64.4. The molecule has 0 aromatic carbocycles. The molecule has 1 fully saturated rings. The number of hydrogen-bond acceptors (Lipinski definition) is 9. The van der Waals surface area contributed by atoms with Crippen molar-refractivity contribution in [3.8, 4) is 0 Å². The predicted octanol–water partition coefficient (Wildman–Crippen LogP) is 6.52. The molecule has 0 aliphatic carbocycles. The number of unbranched alkanes of at least 4 members (excludes halogenated alkanes) is 20.